The van der Waals surface area contributed by atoms with Crippen molar-refractivity contribution in [2.45, 2.75) is 38.3 Å². The number of benzene rings is 1. The van der Waals surface area contributed by atoms with E-state index in [1.54, 1.807) is 11.8 Å². The lowest BCUT2D eigenvalue weighted by atomic mass is 9.90. The molecule has 1 aromatic carbocycles. The fourth-order valence-corrected chi connectivity index (χ4v) is 4.24. The van der Waals surface area contributed by atoms with Gasteiger partial charge in [-0.1, -0.05) is 24.3 Å². The highest BCUT2D eigenvalue weighted by atomic mass is 32.2. The Morgan fingerprint density at radius 1 is 1.27 bits per heavy atom. The monoisotopic (exact) mass is 376 g/mol. The molecule has 0 bridgehead atoms. The van der Waals surface area contributed by atoms with Gasteiger partial charge in [0, 0.05) is 19.6 Å². The van der Waals surface area contributed by atoms with E-state index >= 15 is 0 Å². The number of carbonyl (C=O) groups excluding carboxylic acids is 2. The largest absolute Gasteiger partial charge is 0.372 e. The van der Waals surface area contributed by atoms with Crippen molar-refractivity contribution in [3.05, 3.63) is 35.4 Å². The minimum Gasteiger partial charge on any atom is -0.372 e. The van der Waals surface area contributed by atoms with E-state index in [4.69, 9.17) is 4.74 Å². The van der Waals surface area contributed by atoms with Gasteiger partial charge in [0.15, 0.2) is 0 Å². The highest BCUT2D eigenvalue weighted by Crippen LogP contribution is 2.31. The molecule has 0 atom stereocenters. The molecule has 0 saturated carbocycles. The van der Waals surface area contributed by atoms with Gasteiger partial charge >= 0.3 is 0 Å². The summed E-state index contributed by atoms with van der Waals surface area (Å²) in [4.78, 5) is 28.6. The van der Waals surface area contributed by atoms with Gasteiger partial charge in [-0.05, 0) is 37.1 Å². The summed E-state index contributed by atoms with van der Waals surface area (Å²) in [6, 6.07) is 8.21. The van der Waals surface area contributed by atoms with E-state index in [0.717, 1.165) is 12.8 Å². The number of piperidine rings is 1. The number of ether oxygens (including phenoxy) is 1. The van der Waals surface area contributed by atoms with Crippen LogP contribution < -0.4 is 0 Å². The van der Waals surface area contributed by atoms with Crippen LogP contribution in [0.5, 0.6) is 0 Å². The third-order valence-electron chi connectivity index (χ3n) is 5.47. The lowest BCUT2D eigenvalue weighted by molar-refractivity contribution is -0.138. The zero-order valence-electron chi connectivity index (χ0n) is 15.7. The summed E-state index contributed by atoms with van der Waals surface area (Å²) in [5, 5.41) is 0. The number of likely N-dealkylation sites (tertiary alicyclic amines) is 1. The molecular formula is C20H28N2O3S. The van der Waals surface area contributed by atoms with E-state index in [2.05, 4.69) is 19.1 Å². The van der Waals surface area contributed by atoms with Crippen molar-refractivity contribution in [1.29, 1.82) is 0 Å². The summed E-state index contributed by atoms with van der Waals surface area (Å²) in [6.45, 7) is 5.23. The number of aryl methyl sites for hydroxylation is 1. The van der Waals surface area contributed by atoms with Gasteiger partial charge < -0.3 is 14.5 Å². The zero-order chi connectivity index (χ0) is 18.6. The van der Waals surface area contributed by atoms with Gasteiger partial charge in [-0.15, -0.1) is 0 Å². The number of carbonyl (C=O) groups is 2. The Balaban J connectivity index is 1.68. The maximum Gasteiger partial charge on any atom is 0.232 e. The predicted octanol–water partition coefficient (Wildman–Crippen LogP) is 2.47. The van der Waals surface area contributed by atoms with E-state index in [1.807, 2.05) is 28.2 Å². The third kappa shape index (κ3) is 4.41. The molecular weight excluding hydrogens is 348 g/mol. The molecule has 2 fully saturated rings. The van der Waals surface area contributed by atoms with Crippen molar-refractivity contribution in [2.24, 2.45) is 0 Å². The Kier molecular flexibility index (Phi) is 6.24. The highest BCUT2D eigenvalue weighted by molar-refractivity contribution is 7.99. The number of thioether (sulfide) groups is 1. The Morgan fingerprint density at radius 3 is 2.69 bits per heavy atom. The molecule has 5 nitrogen and oxygen atoms in total. The van der Waals surface area contributed by atoms with E-state index in [0.29, 0.717) is 45.0 Å². The number of rotatable bonds is 4. The minimum atomic E-state index is -0.315. The first-order chi connectivity index (χ1) is 12.5. The van der Waals surface area contributed by atoms with Gasteiger partial charge in [-0.25, -0.2) is 0 Å². The van der Waals surface area contributed by atoms with E-state index < -0.39 is 0 Å². The Labute approximate surface area is 160 Å². The second-order valence-electron chi connectivity index (χ2n) is 7.27. The number of hydrogen-bond donors (Lipinski definition) is 0. The van der Waals surface area contributed by atoms with Crippen molar-refractivity contribution in [2.75, 3.05) is 38.2 Å². The van der Waals surface area contributed by atoms with Crippen molar-refractivity contribution < 1.29 is 14.3 Å². The summed E-state index contributed by atoms with van der Waals surface area (Å²) >= 11 is 1.56. The first-order valence-electron chi connectivity index (χ1n) is 9.26. The zero-order valence-corrected chi connectivity index (χ0v) is 16.5. The Bertz CT molecular complexity index is 656. The van der Waals surface area contributed by atoms with Crippen LogP contribution in [0.25, 0.3) is 0 Å². The van der Waals surface area contributed by atoms with Crippen molar-refractivity contribution in [3.63, 3.8) is 0 Å². The van der Waals surface area contributed by atoms with Gasteiger partial charge in [0.25, 0.3) is 0 Å². The average Bonchev–Trinajstić information content (AvgIpc) is 2.77. The molecule has 0 unspecified atom stereocenters. The van der Waals surface area contributed by atoms with Crippen molar-refractivity contribution in [3.8, 4) is 0 Å². The molecule has 0 N–H and O–H groups in total. The van der Waals surface area contributed by atoms with Crippen LogP contribution in [0.4, 0.5) is 0 Å². The average molecular weight is 377 g/mol. The molecule has 2 aliphatic rings. The quantitative estimate of drug-likeness (QED) is 0.810. The molecule has 1 spiro atoms. The van der Waals surface area contributed by atoms with Crippen LogP contribution in [0.1, 0.15) is 30.4 Å². The number of hydrogen-bond acceptors (Lipinski definition) is 4. The Morgan fingerprint density at radius 2 is 2.00 bits per heavy atom. The number of nitrogens with zero attached hydrogens (tertiary/aromatic N) is 2. The summed E-state index contributed by atoms with van der Waals surface area (Å²) in [6.07, 6.45) is 3.98. The van der Waals surface area contributed by atoms with Gasteiger partial charge in [0.05, 0.1) is 30.9 Å². The van der Waals surface area contributed by atoms with Crippen LogP contribution in [0, 0.1) is 6.92 Å². The molecule has 0 aromatic heterocycles. The van der Waals surface area contributed by atoms with Gasteiger partial charge in [-0.2, -0.15) is 11.8 Å². The standard InChI is InChI=1S/C20H28N2O3S/c1-16-5-3-4-6-17(16)13-22-15-20(25-12-7-18(22)23)8-10-21(11-9-20)19(24)14-26-2/h3-6H,7-15H2,1-2H3. The minimum absolute atomic E-state index is 0.158. The maximum absolute atomic E-state index is 12.6. The number of amides is 2. The second-order valence-corrected chi connectivity index (χ2v) is 8.14. The molecule has 0 radical (unpaired) electrons. The van der Waals surface area contributed by atoms with Gasteiger partial charge in [-0.3, -0.25) is 9.59 Å². The first kappa shape index (κ1) is 19.2. The van der Waals surface area contributed by atoms with Crippen LogP contribution in [0.3, 0.4) is 0 Å². The fraction of sp³-hybridized carbons (Fsp3) is 0.600. The second kappa shape index (κ2) is 8.44. The summed E-state index contributed by atoms with van der Waals surface area (Å²) < 4.78 is 6.18. The van der Waals surface area contributed by atoms with E-state index in [-0.39, 0.29) is 17.4 Å². The third-order valence-corrected chi connectivity index (χ3v) is 6.01. The Hall–Kier alpha value is -1.53. The molecule has 2 saturated heterocycles. The van der Waals surface area contributed by atoms with Crippen LogP contribution in [-0.4, -0.2) is 65.5 Å². The molecule has 142 valence electrons. The van der Waals surface area contributed by atoms with E-state index in [9.17, 15) is 9.59 Å². The molecule has 26 heavy (non-hydrogen) atoms. The molecule has 2 heterocycles. The normalized spacial score (nSPS) is 20.3. The summed E-state index contributed by atoms with van der Waals surface area (Å²) in [5.41, 5.74) is 2.08. The predicted molar refractivity (Wildman–Crippen MR) is 104 cm³/mol. The van der Waals surface area contributed by atoms with Crippen LogP contribution in [-0.2, 0) is 20.9 Å². The maximum atomic E-state index is 12.6. The van der Waals surface area contributed by atoms with Crippen LogP contribution in [0.15, 0.2) is 24.3 Å². The van der Waals surface area contributed by atoms with Gasteiger partial charge in [0.1, 0.15) is 0 Å². The van der Waals surface area contributed by atoms with Crippen molar-refractivity contribution >= 4 is 23.6 Å². The molecule has 0 aliphatic carbocycles. The lowest BCUT2D eigenvalue weighted by Crippen LogP contribution is -2.53. The molecule has 2 amide bonds. The highest BCUT2D eigenvalue weighted by Gasteiger charge is 2.41. The summed E-state index contributed by atoms with van der Waals surface area (Å²) in [7, 11) is 0. The molecule has 6 heteroatoms. The summed E-state index contributed by atoms with van der Waals surface area (Å²) in [5.74, 6) is 0.894. The SMILES string of the molecule is CSCC(=O)N1CCC2(CC1)CN(Cc1ccccc1C)C(=O)CCO2. The van der Waals surface area contributed by atoms with E-state index in [1.165, 1.54) is 11.1 Å². The fourth-order valence-electron chi connectivity index (χ4n) is 3.81. The molecule has 2 aliphatic heterocycles. The topological polar surface area (TPSA) is 49.9 Å². The lowest BCUT2D eigenvalue weighted by Gasteiger charge is -2.42. The van der Waals surface area contributed by atoms with Gasteiger partial charge in [0.2, 0.25) is 11.8 Å². The molecule has 3 rings (SSSR count). The van der Waals surface area contributed by atoms with Crippen LogP contribution in [0.2, 0.25) is 0 Å². The van der Waals surface area contributed by atoms with Crippen LogP contribution >= 0.6 is 11.8 Å². The van der Waals surface area contributed by atoms with Crippen molar-refractivity contribution in [1.82, 2.24) is 9.80 Å². The smallest absolute Gasteiger partial charge is 0.232 e. The first-order valence-corrected chi connectivity index (χ1v) is 10.7. The molecule has 1 aromatic rings.